The molecule has 0 atom stereocenters. The molecule has 80 valence electrons. The molecular weight excluding hydrogens is 187 g/mol. The summed E-state index contributed by atoms with van der Waals surface area (Å²) in [7, 11) is 3.03. The van der Waals surface area contributed by atoms with Crippen LogP contribution in [0.25, 0.3) is 0 Å². The summed E-state index contributed by atoms with van der Waals surface area (Å²) in [6.07, 6.45) is 3.87. The lowest BCUT2D eigenvalue weighted by atomic mass is 9.75. The van der Waals surface area contributed by atoms with Crippen LogP contribution in [-0.2, 0) is 15.7 Å². The van der Waals surface area contributed by atoms with Gasteiger partial charge < -0.3 is 9.31 Å². The van der Waals surface area contributed by atoms with Crippen molar-refractivity contribution in [3.05, 3.63) is 42.5 Å². The monoisotopic (exact) mass is 204 g/mol. The summed E-state index contributed by atoms with van der Waals surface area (Å²) in [5.41, 5.74) is 2.36. The van der Waals surface area contributed by atoms with E-state index in [0.717, 1.165) is 18.3 Å². The quantitative estimate of drug-likeness (QED) is 0.519. The van der Waals surface area contributed by atoms with Crippen LogP contribution in [0.3, 0.4) is 0 Å². The van der Waals surface area contributed by atoms with Gasteiger partial charge in [0.25, 0.3) is 0 Å². The summed E-state index contributed by atoms with van der Waals surface area (Å²) < 4.78 is 10.5. The van der Waals surface area contributed by atoms with E-state index >= 15 is 0 Å². The first kappa shape index (κ1) is 12.0. The van der Waals surface area contributed by atoms with E-state index in [4.69, 9.17) is 9.31 Å². The Bertz CT molecular complexity index is 308. The maximum Gasteiger partial charge on any atom is 0.493 e. The van der Waals surface area contributed by atoms with E-state index in [0.29, 0.717) is 0 Å². The number of rotatable bonds is 6. The van der Waals surface area contributed by atoms with Crippen molar-refractivity contribution >= 4 is 12.6 Å². The van der Waals surface area contributed by atoms with Crippen LogP contribution in [0.5, 0.6) is 0 Å². The maximum atomic E-state index is 5.26. The predicted octanol–water partition coefficient (Wildman–Crippen LogP) is 1.79. The summed E-state index contributed by atoms with van der Waals surface area (Å²) in [5, 5.41) is 0. The van der Waals surface area contributed by atoms with Crippen molar-refractivity contribution in [1.29, 1.82) is 0 Å². The molecule has 0 amide bonds. The number of hydrogen-bond donors (Lipinski definition) is 0. The van der Waals surface area contributed by atoms with Crippen LogP contribution < -0.4 is 5.46 Å². The van der Waals surface area contributed by atoms with Crippen molar-refractivity contribution in [1.82, 2.24) is 0 Å². The van der Waals surface area contributed by atoms with Gasteiger partial charge in [0.2, 0.25) is 0 Å². The smallest absolute Gasteiger partial charge is 0.410 e. The van der Waals surface area contributed by atoms with Crippen LogP contribution in [0, 0.1) is 0 Å². The summed E-state index contributed by atoms with van der Waals surface area (Å²) in [4.78, 5) is 0. The van der Waals surface area contributed by atoms with Gasteiger partial charge in [-0.15, -0.1) is 6.58 Å². The fraction of sp³-hybridized carbons (Fsp3) is 0.333. The van der Waals surface area contributed by atoms with Crippen molar-refractivity contribution in [3.63, 3.8) is 0 Å². The molecule has 0 aliphatic heterocycles. The van der Waals surface area contributed by atoms with Crippen molar-refractivity contribution in [3.8, 4) is 0 Å². The van der Waals surface area contributed by atoms with E-state index in [1.54, 1.807) is 14.2 Å². The molecule has 0 bridgehead atoms. The molecule has 0 aliphatic carbocycles. The molecule has 0 aromatic heterocycles. The van der Waals surface area contributed by atoms with Gasteiger partial charge in [-0.25, -0.2) is 0 Å². The van der Waals surface area contributed by atoms with Gasteiger partial charge in [-0.05, 0) is 23.9 Å². The minimum atomic E-state index is -0.272. The van der Waals surface area contributed by atoms with E-state index in [9.17, 15) is 0 Å². The van der Waals surface area contributed by atoms with E-state index < -0.39 is 0 Å². The summed E-state index contributed by atoms with van der Waals surface area (Å²) >= 11 is 0. The van der Waals surface area contributed by atoms with Gasteiger partial charge in [0.1, 0.15) is 0 Å². The number of allylic oxidation sites excluding steroid dienone is 1. The Morgan fingerprint density at radius 2 is 1.93 bits per heavy atom. The Morgan fingerprint density at radius 3 is 2.53 bits per heavy atom. The molecule has 0 radical (unpaired) electrons. The topological polar surface area (TPSA) is 18.5 Å². The zero-order valence-corrected chi connectivity index (χ0v) is 9.40. The average molecular weight is 204 g/mol. The third kappa shape index (κ3) is 3.22. The first-order chi connectivity index (χ1) is 7.33. The van der Waals surface area contributed by atoms with Gasteiger partial charge in [0.15, 0.2) is 0 Å². The molecule has 0 aliphatic rings. The maximum absolute atomic E-state index is 5.26. The zero-order valence-electron chi connectivity index (χ0n) is 9.40. The molecule has 0 saturated carbocycles. The summed E-state index contributed by atoms with van der Waals surface area (Å²) in [6, 6.07) is 8.17. The van der Waals surface area contributed by atoms with Gasteiger partial charge in [0, 0.05) is 14.2 Å². The van der Waals surface area contributed by atoms with E-state index in [-0.39, 0.29) is 7.12 Å². The standard InChI is InChI=1S/C12H17BO2/c1-4-5-8-11-9-6-7-10-12(11)13(14-2)15-3/h4,6-7,9-10H,1,5,8H2,2-3H3. The molecule has 3 heteroatoms. The number of hydrogen-bond acceptors (Lipinski definition) is 2. The van der Waals surface area contributed by atoms with E-state index in [1.165, 1.54) is 5.56 Å². The fourth-order valence-corrected chi connectivity index (χ4v) is 1.60. The van der Waals surface area contributed by atoms with Gasteiger partial charge in [-0.1, -0.05) is 30.3 Å². The molecule has 1 aromatic rings. The molecule has 0 fully saturated rings. The number of aryl methyl sites for hydroxylation is 1. The molecule has 0 N–H and O–H groups in total. The Balaban J connectivity index is 2.88. The third-order valence-electron chi connectivity index (χ3n) is 2.35. The second kappa shape index (κ2) is 6.43. The van der Waals surface area contributed by atoms with E-state index in [2.05, 4.69) is 12.6 Å². The molecule has 0 spiro atoms. The van der Waals surface area contributed by atoms with Crippen LogP contribution in [0.2, 0.25) is 0 Å². The Labute approximate surface area is 92.1 Å². The fourth-order valence-electron chi connectivity index (χ4n) is 1.60. The second-order valence-corrected chi connectivity index (χ2v) is 3.33. The molecule has 1 aromatic carbocycles. The zero-order chi connectivity index (χ0) is 11.1. The SMILES string of the molecule is C=CCCc1ccccc1B(OC)OC. The summed E-state index contributed by atoms with van der Waals surface area (Å²) in [5.74, 6) is 0. The first-order valence-corrected chi connectivity index (χ1v) is 5.07. The third-order valence-corrected chi connectivity index (χ3v) is 2.35. The first-order valence-electron chi connectivity index (χ1n) is 5.07. The number of benzene rings is 1. The van der Waals surface area contributed by atoms with Gasteiger partial charge in [-0.2, -0.15) is 0 Å². The van der Waals surface area contributed by atoms with Crippen LogP contribution in [0.4, 0.5) is 0 Å². The van der Waals surface area contributed by atoms with Crippen molar-refractivity contribution in [2.75, 3.05) is 14.2 Å². The van der Waals surface area contributed by atoms with Gasteiger partial charge in [-0.3, -0.25) is 0 Å². The van der Waals surface area contributed by atoms with Crippen molar-refractivity contribution in [2.45, 2.75) is 12.8 Å². The molecule has 0 unspecified atom stereocenters. The van der Waals surface area contributed by atoms with Crippen LogP contribution in [0.1, 0.15) is 12.0 Å². The highest BCUT2D eigenvalue weighted by Crippen LogP contribution is 2.03. The average Bonchev–Trinajstić information content (AvgIpc) is 2.29. The van der Waals surface area contributed by atoms with Crippen LogP contribution in [-0.4, -0.2) is 21.3 Å². The highest BCUT2D eigenvalue weighted by Gasteiger charge is 2.20. The predicted molar refractivity (Wildman–Crippen MR) is 64.4 cm³/mol. The second-order valence-electron chi connectivity index (χ2n) is 3.33. The highest BCUT2D eigenvalue weighted by atomic mass is 16.6. The minimum absolute atomic E-state index is 0.272. The Kier molecular flexibility index (Phi) is 5.15. The molecule has 0 heterocycles. The van der Waals surface area contributed by atoms with Gasteiger partial charge in [0.05, 0.1) is 0 Å². The lowest BCUT2D eigenvalue weighted by Crippen LogP contribution is -2.37. The highest BCUT2D eigenvalue weighted by molar-refractivity contribution is 6.61. The Hall–Kier alpha value is -1.06. The molecule has 1 rings (SSSR count). The van der Waals surface area contributed by atoms with Crippen LogP contribution in [0.15, 0.2) is 36.9 Å². The molecule has 15 heavy (non-hydrogen) atoms. The van der Waals surface area contributed by atoms with E-state index in [1.807, 2.05) is 24.3 Å². The minimum Gasteiger partial charge on any atom is -0.410 e. The van der Waals surface area contributed by atoms with Crippen molar-refractivity contribution < 1.29 is 9.31 Å². The Morgan fingerprint density at radius 1 is 1.27 bits per heavy atom. The van der Waals surface area contributed by atoms with Gasteiger partial charge >= 0.3 is 7.12 Å². The summed E-state index contributed by atoms with van der Waals surface area (Å²) in [6.45, 7) is 3.73. The molecule has 2 nitrogen and oxygen atoms in total. The molecular formula is C12H17BO2. The lowest BCUT2D eigenvalue weighted by molar-refractivity contribution is 0.291. The lowest BCUT2D eigenvalue weighted by Gasteiger charge is -2.13. The van der Waals surface area contributed by atoms with Crippen molar-refractivity contribution in [2.24, 2.45) is 0 Å². The largest absolute Gasteiger partial charge is 0.493 e. The molecule has 0 saturated heterocycles. The normalized spacial score (nSPS) is 10.0. The van der Waals surface area contributed by atoms with Crippen LogP contribution >= 0.6 is 0 Å².